The van der Waals surface area contributed by atoms with Crippen LogP contribution in [0.3, 0.4) is 0 Å². The van der Waals surface area contributed by atoms with Gasteiger partial charge in [-0.05, 0) is 37.9 Å². The van der Waals surface area contributed by atoms with Gasteiger partial charge in [0.1, 0.15) is 0 Å². The number of nitrogens with zero attached hydrogens (tertiary/aromatic N) is 1. The fourth-order valence-electron chi connectivity index (χ4n) is 2.34. The minimum Gasteiger partial charge on any atom is -0.476 e. The first-order valence-electron chi connectivity index (χ1n) is 9.10. The number of halogens is 1. The van der Waals surface area contributed by atoms with Gasteiger partial charge in [0, 0.05) is 22.9 Å². The highest BCUT2D eigenvalue weighted by Crippen LogP contribution is 2.25. The third-order valence-electron chi connectivity index (χ3n) is 3.89. The van der Waals surface area contributed by atoms with Gasteiger partial charge in [-0.2, -0.15) is 0 Å². The summed E-state index contributed by atoms with van der Waals surface area (Å²) in [4.78, 5) is 15.1. The van der Waals surface area contributed by atoms with Crippen molar-refractivity contribution in [3.63, 3.8) is 0 Å². The molecule has 4 nitrogen and oxygen atoms in total. The number of aromatic nitrogens is 1. The fourth-order valence-corrected chi connectivity index (χ4v) is 3.41. The van der Waals surface area contributed by atoms with Crippen molar-refractivity contribution in [3.8, 4) is 0 Å². The van der Waals surface area contributed by atoms with Gasteiger partial charge >= 0.3 is 5.97 Å². The van der Waals surface area contributed by atoms with Crippen LogP contribution in [0, 0.1) is 6.92 Å². The zero-order valence-electron chi connectivity index (χ0n) is 15.8. The van der Waals surface area contributed by atoms with Crippen LogP contribution in [0.25, 0.3) is 0 Å². The van der Waals surface area contributed by atoms with Crippen LogP contribution in [0.5, 0.6) is 0 Å². The lowest BCUT2D eigenvalue weighted by atomic mass is 10.0. The monoisotopic (exact) mass is 396 g/mol. The molecular formula is C20H29ClN2O2S. The van der Waals surface area contributed by atoms with Crippen molar-refractivity contribution in [2.75, 3.05) is 13.1 Å². The van der Waals surface area contributed by atoms with Gasteiger partial charge in [0.05, 0.1) is 5.01 Å². The summed E-state index contributed by atoms with van der Waals surface area (Å²) < 4.78 is 0. The molecule has 1 aromatic heterocycles. The summed E-state index contributed by atoms with van der Waals surface area (Å²) in [5.41, 5.74) is 1.31. The molecule has 0 saturated heterocycles. The third kappa shape index (κ3) is 8.30. The Kier molecular flexibility index (Phi) is 11.2. The molecule has 144 valence electrons. The molecule has 0 saturated carbocycles. The highest BCUT2D eigenvalue weighted by atomic mass is 35.5. The van der Waals surface area contributed by atoms with Crippen LogP contribution >= 0.6 is 22.9 Å². The third-order valence-corrected chi connectivity index (χ3v) is 5.32. The zero-order valence-corrected chi connectivity index (χ0v) is 17.4. The Morgan fingerprint density at radius 2 is 2.04 bits per heavy atom. The van der Waals surface area contributed by atoms with Gasteiger partial charge in [0.15, 0.2) is 5.69 Å². The molecule has 0 spiro atoms. The average Bonchev–Trinajstić information content (AvgIpc) is 3.11. The number of nitrogens with one attached hydrogen (secondary N) is 1. The Morgan fingerprint density at radius 3 is 2.54 bits per heavy atom. The van der Waals surface area contributed by atoms with Crippen molar-refractivity contribution in [3.05, 3.63) is 50.9 Å². The van der Waals surface area contributed by atoms with Crippen LogP contribution in [0.2, 0.25) is 5.02 Å². The van der Waals surface area contributed by atoms with E-state index >= 15 is 0 Å². The Balaban J connectivity index is 0.000000350. The van der Waals surface area contributed by atoms with Crippen molar-refractivity contribution < 1.29 is 9.90 Å². The number of aryl methyl sites for hydroxylation is 1. The number of hydrogen-bond acceptors (Lipinski definition) is 4. The van der Waals surface area contributed by atoms with E-state index in [0.717, 1.165) is 54.4 Å². The lowest BCUT2D eigenvalue weighted by Gasteiger charge is -2.14. The first-order chi connectivity index (χ1) is 12.5. The topological polar surface area (TPSA) is 62.2 Å². The second-order valence-corrected chi connectivity index (χ2v) is 7.47. The Bertz CT molecular complexity index is 640. The van der Waals surface area contributed by atoms with Crippen molar-refractivity contribution in [2.45, 2.75) is 52.4 Å². The molecular weight excluding hydrogens is 368 g/mol. The van der Waals surface area contributed by atoms with E-state index in [1.54, 1.807) is 5.38 Å². The minimum atomic E-state index is -0.937. The zero-order chi connectivity index (χ0) is 19.4. The van der Waals surface area contributed by atoms with Crippen molar-refractivity contribution in [1.82, 2.24) is 10.3 Å². The first kappa shape index (κ1) is 22.6. The molecule has 0 radical (unpaired) electrons. The van der Waals surface area contributed by atoms with E-state index in [1.807, 2.05) is 31.2 Å². The molecule has 2 aromatic rings. The lowest BCUT2D eigenvalue weighted by molar-refractivity contribution is 0.0691. The van der Waals surface area contributed by atoms with Crippen molar-refractivity contribution in [2.24, 2.45) is 0 Å². The molecule has 26 heavy (non-hydrogen) atoms. The highest BCUT2D eigenvalue weighted by Gasteiger charge is 2.17. The average molecular weight is 397 g/mol. The molecule has 1 heterocycles. The van der Waals surface area contributed by atoms with Crippen LogP contribution in [-0.2, 0) is 0 Å². The van der Waals surface area contributed by atoms with Crippen LogP contribution in [0.4, 0.5) is 0 Å². The van der Waals surface area contributed by atoms with Crippen LogP contribution in [-0.4, -0.2) is 29.1 Å². The SMILES string of the molecule is CCCCC(CNCCC)c1nc(C(=O)O)cs1.Cc1ccccc1Cl. The van der Waals surface area contributed by atoms with Crippen LogP contribution in [0.15, 0.2) is 29.6 Å². The molecule has 2 N–H and O–H groups in total. The summed E-state index contributed by atoms with van der Waals surface area (Å²) in [7, 11) is 0. The number of carboxylic acid groups (broad SMARTS) is 1. The van der Waals surface area contributed by atoms with Gasteiger partial charge in [-0.25, -0.2) is 9.78 Å². The molecule has 0 amide bonds. The molecule has 1 atom stereocenters. The number of carboxylic acids is 1. The van der Waals surface area contributed by atoms with Crippen LogP contribution < -0.4 is 5.32 Å². The molecule has 1 unspecified atom stereocenters. The number of aromatic carboxylic acids is 1. The molecule has 2 rings (SSSR count). The lowest BCUT2D eigenvalue weighted by Crippen LogP contribution is -2.22. The summed E-state index contributed by atoms with van der Waals surface area (Å²) >= 11 is 7.17. The second-order valence-electron chi connectivity index (χ2n) is 6.17. The van der Waals surface area contributed by atoms with Gasteiger partial charge in [-0.3, -0.25) is 0 Å². The van der Waals surface area contributed by atoms with E-state index < -0.39 is 5.97 Å². The molecule has 6 heteroatoms. The number of hydrogen-bond donors (Lipinski definition) is 2. The second kappa shape index (κ2) is 12.8. The van der Waals surface area contributed by atoms with Gasteiger partial charge in [0.2, 0.25) is 0 Å². The summed E-state index contributed by atoms with van der Waals surface area (Å²) in [5, 5.41) is 15.7. The molecule has 0 aliphatic heterocycles. The Morgan fingerprint density at radius 1 is 1.31 bits per heavy atom. The number of carbonyl (C=O) groups is 1. The summed E-state index contributed by atoms with van der Waals surface area (Å²) in [5.74, 6) is -0.595. The standard InChI is InChI=1S/C13H22N2O2S.C7H7Cl/c1-3-5-6-10(8-14-7-4-2)12-15-11(9-18-12)13(16)17;1-6-4-2-3-5-7(6)8/h9-10,14H,3-8H2,1-2H3,(H,16,17);2-5H,1H3. The number of benzene rings is 1. The van der Waals surface area contributed by atoms with E-state index in [2.05, 4.69) is 24.1 Å². The van der Waals surface area contributed by atoms with Gasteiger partial charge in [0.25, 0.3) is 0 Å². The Hall–Kier alpha value is -1.43. The predicted octanol–water partition coefficient (Wildman–Crippen LogP) is 5.76. The van der Waals surface area contributed by atoms with Gasteiger partial charge in [-0.15, -0.1) is 11.3 Å². The summed E-state index contributed by atoms with van der Waals surface area (Å²) in [6.45, 7) is 8.18. The number of thiazole rings is 1. The van der Waals surface area contributed by atoms with E-state index in [-0.39, 0.29) is 5.69 Å². The van der Waals surface area contributed by atoms with E-state index in [0.29, 0.717) is 5.92 Å². The highest BCUT2D eigenvalue weighted by molar-refractivity contribution is 7.09. The normalized spacial score (nSPS) is 11.5. The van der Waals surface area contributed by atoms with Crippen molar-refractivity contribution >= 4 is 28.9 Å². The quantitative estimate of drug-likeness (QED) is 0.528. The van der Waals surface area contributed by atoms with Gasteiger partial charge in [-0.1, -0.05) is 56.5 Å². The van der Waals surface area contributed by atoms with E-state index in [9.17, 15) is 4.79 Å². The van der Waals surface area contributed by atoms with E-state index in [1.165, 1.54) is 11.3 Å². The maximum atomic E-state index is 10.8. The predicted molar refractivity (Wildman–Crippen MR) is 111 cm³/mol. The number of unbranched alkanes of at least 4 members (excludes halogenated alkanes) is 1. The largest absolute Gasteiger partial charge is 0.476 e. The Labute approximate surface area is 165 Å². The maximum absolute atomic E-state index is 10.8. The number of rotatable bonds is 9. The summed E-state index contributed by atoms with van der Waals surface area (Å²) in [6, 6.07) is 7.77. The molecule has 1 aromatic carbocycles. The fraction of sp³-hybridized carbons (Fsp3) is 0.500. The molecule has 0 aliphatic carbocycles. The van der Waals surface area contributed by atoms with E-state index in [4.69, 9.17) is 16.7 Å². The van der Waals surface area contributed by atoms with Crippen LogP contribution in [0.1, 0.15) is 66.5 Å². The maximum Gasteiger partial charge on any atom is 0.355 e. The van der Waals surface area contributed by atoms with Crippen molar-refractivity contribution in [1.29, 1.82) is 0 Å². The molecule has 0 fully saturated rings. The molecule has 0 aliphatic rings. The summed E-state index contributed by atoms with van der Waals surface area (Å²) in [6.07, 6.45) is 4.49. The minimum absolute atomic E-state index is 0.173. The first-order valence-corrected chi connectivity index (χ1v) is 10.4. The molecule has 0 bridgehead atoms. The van der Waals surface area contributed by atoms with Gasteiger partial charge < -0.3 is 10.4 Å². The smallest absolute Gasteiger partial charge is 0.355 e.